The van der Waals surface area contributed by atoms with Gasteiger partial charge < -0.3 is 0 Å². The van der Waals surface area contributed by atoms with Gasteiger partial charge in [-0.1, -0.05) is 166 Å². The lowest BCUT2D eigenvalue weighted by atomic mass is 9.80. The summed E-state index contributed by atoms with van der Waals surface area (Å²) in [6.07, 6.45) is 0. The Morgan fingerprint density at radius 1 is 0.275 bits per heavy atom. The van der Waals surface area contributed by atoms with Crippen LogP contribution >= 0.6 is 0 Å². The Morgan fingerprint density at radius 2 is 0.647 bits per heavy atom. The van der Waals surface area contributed by atoms with Crippen molar-refractivity contribution in [2.45, 2.75) is 19.3 Å². The molecule has 0 aromatic heterocycles. The fraction of sp³-hybridized carbons (Fsp3) is 0.0588. The van der Waals surface area contributed by atoms with Gasteiger partial charge in [0.2, 0.25) is 0 Å². The van der Waals surface area contributed by atoms with Crippen LogP contribution in [0.2, 0.25) is 0 Å². The van der Waals surface area contributed by atoms with Gasteiger partial charge in [-0.2, -0.15) is 0 Å². The third-order valence-corrected chi connectivity index (χ3v) is 11.2. The Labute approximate surface area is 299 Å². The van der Waals surface area contributed by atoms with Gasteiger partial charge >= 0.3 is 0 Å². The van der Waals surface area contributed by atoms with Crippen LogP contribution in [0, 0.1) is 0 Å². The van der Waals surface area contributed by atoms with Crippen LogP contribution in [-0.2, 0) is 5.41 Å². The fourth-order valence-corrected chi connectivity index (χ4v) is 8.62. The first-order valence-electron chi connectivity index (χ1n) is 17.9. The van der Waals surface area contributed by atoms with Gasteiger partial charge in [0.1, 0.15) is 0 Å². The van der Waals surface area contributed by atoms with Crippen LogP contribution in [0.3, 0.4) is 0 Å². The molecule has 0 atom stereocenters. The standard InChI is InChI=1S/C51H36/c1-51(2)49-31-36(24-26-47(49)48-27-25-37(32-50(48)51)44-21-9-15-33-12-3-6-18-41(33)44)38-28-39(45-22-10-16-34-13-4-7-19-42(34)45)30-40(29-38)46-23-11-17-35-14-5-8-20-43(35)46/h3-32H,1-2H3. The fourth-order valence-electron chi connectivity index (χ4n) is 8.62. The van der Waals surface area contributed by atoms with Crippen LogP contribution in [-0.4, -0.2) is 0 Å². The molecular weight excluding hydrogens is 613 g/mol. The molecule has 0 aliphatic heterocycles. The highest BCUT2D eigenvalue weighted by Gasteiger charge is 2.36. The summed E-state index contributed by atoms with van der Waals surface area (Å²) in [7, 11) is 0. The lowest BCUT2D eigenvalue weighted by Crippen LogP contribution is -2.15. The molecule has 10 rings (SSSR count). The molecule has 0 unspecified atom stereocenters. The number of hydrogen-bond donors (Lipinski definition) is 0. The van der Waals surface area contributed by atoms with E-state index in [1.807, 2.05) is 0 Å². The molecule has 0 heteroatoms. The number of fused-ring (bicyclic) bond motifs is 6. The zero-order valence-electron chi connectivity index (χ0n) is 28.8. The van der Waals surface area contributed by atoms with Crippen molar-refractivity contribution in [1.29, 1.82) is 0 Å². The van der Waals surface area contributed by atoms with Crippen LogP contribution in [0.25, 0.3) is 88.0 Å². The van der Waals surface area contributed by atoms with Crippen molar-refractivity contribution in [3.8, 4) is 55.6 Å². The van der Waals surface area contributed by atoms with Crippen LogP contribution in [0.4, 0.5) is 0 Å². The molecule has 0 bridgehead atoms. The van der Waals surface area contributed by atoms with Gasteiger partial charge in [0.25, 0.3) is 0 Å². The molecule has 0 N–H and O–H groups in total. The summed E-state index contributed by atoms with van der Waals surface area (Å²) < 4.78 is 0. The number of hydrogen-bond acceptors (Lipinski definition) is 0. The molecule has 0 saturated heterocycles. The van der Waals surface area contributed by atoms with E-state index in [9.17, 15) is 0 Å². The smallest absolute Gasteiger partial charge is 0.0159 e. The number of benzene rings is 9. The van der Waals surface area contributed by atoms with Gasteiger partial charge in [-0.25, -0.2) is 0 Å². The Kier molecular flexibility index (Phi) is 6.63. The van der Waals surface area contributed by atoms with E-state index < -0.39 is 0 Å². The van der Waals surface area contributed by atoms with E-state index in [0.717, 1.165) is 0 Å². The van der Waals surface area contributed by atoms with Gasteiger partial charge in [0.15, 0.2) is 0 Å². The van der Waals surface area contributed by atoms with Crippen molar-refractivity contribution in [3.05, 3.63) is 193 Å². The SMILES string of the molecule is CC1(C)c2cc(-c3cc(-c4cccc5ccccc45)cc(-c4cccc5ccccc45)c3)ccc2-c2ccc(-c3cccc4ccccc34)cc21. The van der Waals surface area contributed by atoms with E-state index in [0.29, 0.717) is 0 Å². The second-order valence-corrected chi connectivity index (χ2v) is 14.5. The average molecular weight is 649 g/mol. The molecule has 0 fully saturated rings. The first kappa shape index (κ1) is 29.7. The maximum Gasteiger partial charge on any atom is 0.0159 e. The van der Waals surface area contributed by atoms with Gasteiger partial charge in [0.05, 0.1) is 0 Å². The van der Waals surface area contributed by atoms with Crippen molar-refractivity contribution in [1.82, 2.24) is 0 Å². The second-order valence-electron chi connectivity index (χ2n) is 14.5. The van der Waals surface area contributed by atoms with Crippen molar-refractivity contribution in [2.24, 2.45) is 0 Å². The molecule has 1 aliphatic rings. The molecule has 0 radical (unpaired) electrons. The molecular formula is C51H36. The first-order valence-corrected chi connectivity index (χ1v) is 17.9. The monoisotopic (exact) mass is 648 g/mol. The zero-order chi connectivity index (χ0) is 34.1. The lowest BCUT2D eigenvalue weighted by molar-refractivity contribution is 0.661. The molecule has 1 aliphatic carbocycles. The minimum absolute atomic E-state index is 0.146. The topological polar surface area (TPSA) is 0 Å². The quantitative estimate of drug-likeness (QED) is 0.178. The van der Waals surface area contributed by atoms with Gasteiger partial charge in [-0.05, 0) is 129 Å². The summed E-state index contributed by atoms with van der Waals surface area (Å²) in [5.74, 6) is 0. The summed E-state index contributed by atoms with van der Waals surface area (Å²) >= 11 is 0. The van der Waals surface area contributed by atoms with E-state index >= 15 is 0 Å². The zero-order valence-corrected chi connectivity index (χ0v) is 28.8. The summed E-state index contributed by atoms with van der Waals surface area (Å²) in [5.41, 5.74) is 15.3. The average Bonchev–Trinajstić information content (AvgIpc) is 3.41. The van der Waals surface area contributed by atoms with Gasteiger partial charge in [-0.15, -0.1) is 0 Å². The summed E-state index contributed by atoms with van der Waals surface area (Å²) in [5, 5.41) is 7.63. The second kappa shape index (κ2) is 11.4. The maximum atomic E-state index is 2.46. The highest BCUT2D eigenvalue weighted by Crippen LogP contribution is 2.51. The predicted molar refractivity (Wildman–Crippen MR) is 218 cm³/mol. The molecule has 9 aromatic carbocycles. The molecule has 0 spiro atoms. The summed E-state index contributed by atoms with van der Waals surface area (Å²) in [6, 6.07) is 67.5. The third-order valence-electron chi connectivity index (χ3n) is 11.2. The molecule has 0 amide bonds. The molecule has 0 nitrogen and oxygen atoms in total. The van der Waals surface area contributed by atoms with E-state index in [4.69, 9.17) is 0 Å². The molecule has 0 saturated carbocycles. The van der Waals surface area contributed by atoms with Crippen molar-refractivity contribution in [3.63, 3.8) is 0 Å². The van der Waals surface area contributed by atoms with E-state index in [2.05, 4.69) is 196 Å². The summed E-state index contributed by atoms with van der Waals surface area (Å²) in [4.78, 5) is 0. The predicted octanol–water partition coefficient (Wildman–Crippen LogP) is 14.1. The van der Waals surface area contributed by atoms with E-state index in [1.54, 1.807) is 0 Å². The van der Waals surface area contributed by atoms with Gasteiger partial charge in [-0.3, -0.25) is 0 Å². The highest BCUT2D eigenvalue weighted by atomic mass is 14.4. The molecule has 240 valence electrons. The minimum atomic E-state index is -0.146. The normalized spacial score (nSPS) is 13.1. The van der Waals surface area contributed by atoms with Crippen molar-refractivity contribution < 1.29 is 0 Å². The largest absolute Gasteiger partial charge is 0.0616 e. The Bertz CT molecular complexity index is 2720. The summed E-state index contributed by atoms with van der Waals surface area (Å²) in [6.45, 7) is 4.78. The van der Waals surface area contributed by atoms with Gasteiger partial charge in [0, 0.05) is 5.41 Å². The first-order chi connectivity index (χ1) is 25.0. The third kappa shape index (κ3) is 4.75. The molecule has 9 aromatic rings. The van der Waals surface area contributed by atoms with Crippen molar-refractivity contribution >= 4 is 32.3 Å². The van der Waals surface area contributed by atoms with Crippen LogP contribution in [0.5, 0.6) is 0 Å². The van der Waals surface area contributed by atoms with Crippen LogP contribution < -0.4 is 0 Å². The lowest BCUT2D eigenvalue weighted by Gasteiger charge is -2.23. The Balaban J connectivity index is 1.14. The maximum absolute atomic E-state index is 2.46. The van der Waals surface area contributed by atoms with Crippen LogP contribution in [0.1, 0.15) is 25.0 Å². The van der Waals surface area contributed by atoms with E-state index in [1.165, 1.54) is 99.1 Å². The molecule has 51 heavy (non-hydrogen) atoms. The van der Waals surface area contributed by atoms with Crippen molar-refractivity contribution in [2.75, 3.05) is 0 Å². The van der Waals surface area contributed by atoms with Crippen LogP contribution in [0.15, 0.2) is 182 Å². The highest BCUT2D eigenvalue weighted by molar-refractivity contribution is 6.02. The van der Waals surface area contributed by atoms with E-state index in [-0.39, 0.29) is 5.41 Å². The minimum Gasteiger partial charge on any atom is -0.0616 e. The molecule has 0 heterocycles. The Morgan fingerprint density at radius 3 is 1.14 bits per heavy atom. The number of rotatable bonds is 4. The Hall–Kier alpha value is -6.24.